The molecule has 0 amide bonds. The van der Waals surface area contributed by atoms with Crippen molar-refractivity contribution in [2.24, 2.45) is 5.41 Å². The van der Waals surface area contributed by atoms with E-state index in [1.807, 2.05) is 6.07 Å². The third kappa shape index (κ3) is 2.75. The predicted molar refractivity (Wildman–Crippen MR) is 65.6 cm³/mol. The standard InChI is InChI=1S/C12H12N2O4S/c13-7-9-2-1-3-10(6-9)19(17,18)14-8-12(4-5-12)11(15)16/h1-3,6,14H,4-5,8H2,(H,15,16). The zero-order valence-electron chi connectivity index (χ0n) is 9.96. The van der Waals surface area contributed by atoms with E-state index in [0.29, 0.717) is 12.8 Å². The molecule has 0 aromatic heterocycles. The van der Waals surface area contributed by atoms with Gasteiger partial charge in [-0.1, -0.05) is 6.07 Å². The van der Waals surface area contributed by atoms with Crippen molar-refractivity contribution in [3.8, 4) is 6.07 Å². The van der Waals surface area contributed by atoms with Crippen LogP contribution < -0.4 is 4.72 Å². The van der Waals surface area contributed by atoms with E-state index in [2.05, 4.69) is 4.72 Å². The second-order valence-electron chi connectivity index (χ2n) is 4.55. The van der Waals surface area contributed by atoms with Gasteiger partial charge in [0.2, 0.25) is 10.0 Å². The van der Waals surface area contributed by atoms with Crippen molar-refractivity contribution in [3.05, 3.63) is 29.8 Å². The summed E-state index contributed by atoms with van der Waals surface area (Å²) in [7, 11) is -3.78. The van der Waals surface area contributed by atoms with Gasteiger partial charge in [-0.15, -0.1) is 0 Å². The molecule has 0 spiro atoms. The average Bonchev–Trinajstić information content (AvgIpc) is 3.18. The normalized spacial score (nSPS) is 16.6. The van der Waals surface area contributed by atoms with E-state index in [1.165, 1.54) is 24.3 Å². The van der Waals surface area contributed by atoms with E-state index < -0.39 is 21.4 Å². The molecule has 0 aliphatic heterocycles. The van der Waals surface area contributed by atoms with Crippen molar-refractivity contribution in [2.75, 3.05) is 6.54 Å². The lowest BCUT2D eigenvalue weighted by Crippen LogP contribution is -2.34. The lowest BCUT2D eigenvalue weighted by atomic mass is 10.1. The molecule has 6 nitrogen and oxygen atoms in total. The zero-order chi connectivity index (χ0) is 14.1. The van der Waals surface area contributed by atoms with E-state index in [1.54, 1.807) is 0 Å². The maximum absolute atomic E-state index is 12.0. The van der Waals surface area contributed by atoms with Crippen LogP contribution in [-0.4, -0.2) is 26.0 Å². The number of hydrogen-bond donors (Lipinski definition) is 2. The number of carboxylic acids is 1. The minimum Gasteiger partial charge on any atom is -0.481 e. The van der Waals surface area contributed by atoms with Gasteiger partial charge in [0.15, 0.2) is 0 Å². The number of rotatable bonds is 5. The summed E-state index contributed by atoms with van der Waals surface area (Å²) in [6, 6.07) is 7.44. The third-order valence-electron chi connectivity index (χ3n) is 3.18. The molecule has 2 N–H and O–H groups in total. The summed E-state index contributed by atoms with van der Waals surface area (Å²) < 4.78 is 26.3. The fraction of sp³-hybridized carbons (Fsp3) is 0.333. The summed E-state index contributed by atoms with van der Waals surface area (Å²) in [5.41, 5.74) is -0.720. The molecule has 1 saturated carbocycles. The molecule has 1 aromatic carbocycles. The second-order valence-corrected chi connectivity index (χ2v) is 6.32. The molecular weight excluding hydrogens is 268 g/mol. The Morgan fingerprint density at radius 3 is 2.68 bits per heavy atom. The van der Waals surface area contributed by atoms with E-state index in [-0.39, 0.29) is 17.0 Å². The van der Waals surface area contributed by atoms with Crippen LogP contribution in [0.2, 0.25) is 0 Å². The monoisotopic (exact) mass is 280 g/mol. The van der Waals surface area contributed by atoms with Crippen LogP contribution in [0.15, 0.2) is 29.2 Å². The number of hydrogen-bond acceptors (Lipinski definition) is 4. The van der Waals surface area contributed by atoms with Crippen LogP contribution in [0.1, 0.15) is 18.4 Å². The van der Waals surface area contributed by atoms with Gasteiger partial charge >= 0.3 is 5.97 Å². The highest BCUT2D eigenvalue weighted by atomic mass is 32.2. The Kier molecular flexibility index (Phi) is 3.30. The second kappa shape index (κ2) is 4.64. The molecule has 19 heavy (non-hydrogen) atoms. The number of aliphatic carboxylic acids is 1. The van der Waals surface area contributed by atoms with Crippen molar-refractivity contribution < 1.29 is 18.3 Å². The van der Waals surface area contributed by atoms with Crippen molar-refractivity contribution in [1.29, 1.82) is 5.26 Å². The molecule has 0 saturated heterocycles. The van der Waals surface area contributed by atoms with Crippen LogP contribution >= 0.6 is 0 Å². The number of carbonyl (C=O) groups is 1. The molecule has 1 aliphatic rings. The molecular formula is C12H12N2O4S. The van der Waals surface area contributed by atoms with Gasteiger partial charge in [-0.25, -0.2) is 13.1 Å². The molecule has 7 heteroatoms. The quantitative estimate of drug-likeness (QED) is 0.825. The van der Waals surface area contributed by atoms with E-state index in [9.17, 15) is 13.2 Å². The van der Waals surface area contributed by atoms with Crippen LogP contribution in [-0.2, 0) is 14.8 Å². The number of nitriles is 1. The van der Waals surface area contributed by atoms with Gasteiger partial charge in [0.25, 0.3) is 0 Å². The van der Waals surface area contributed by atoms with Gasteiger partial charge in [-0.2, -0.15) is 5.26 Å². The first-order valence-corrected chi connectivity index (χ1v) is 7.11. The van der Waals surface area contributed by atoms with E-state index >= 15 is 0 Å². The Morgan fingerprint density at radius 1 is 1.47 bits per heavy atom. The molecule has 100 valence electrons. The fourth-order valence-electron chi connectivity index (χ4n) is 1.67. The first-order chi connectivity index (χ1) is 8.89. The first-order valence-electron chi connectivity index (χ1n) is 5.63. The van der Waals surface area contributed by atoms with Gasteiger partial charge in [0.05, 0.1) is 21.9 Å². The summed E-state index contributed by atoms with van der Waals surface area (Å²) in [6.45, 7) is -0.124. The Labute approximate surface area is 110 Å². The van der Waals surface area contributed by atoms with Crippen LogP contribution in [0.25, 0.3) is 0 Å². The summed E-state index contributed by atoms with van der Waals surface area (Å²) in [6.07, 6.45) is 0.951. The van der Waals surface area contributed by atoms with Gasteiger partial charge in [-0.3, -0.25) is 4.79 Å². The molecule has 1 aromatic rings. The molecule has 0 heterocycles. The van der Waals surface area contributed by atoms with E-state index in [0.717, 1.165) is 0 Å². The summed E-state index contributed by atoms with van der Waals surface area (Å²) in [5, 5.41) is 17.7. The maximum Gasteiger partial charge on any atom is 0.310 e. The lowest BCUT2D eigenvalue weighted by molar-refractivity contribution is -0.143. The topological polar surface area (TPSA) is 107 Å². The van der Waals surface area contributed by atoms with Crippen LogP contribution in [0, 0.1) is 16.7 Å². The molecule has 2 rings (SSSR count). The molecule has 0 atom stereocenters. The highest BCUT2D eigenvalue weighted by molar-refractivity contribution is 7.89. The zero-order valence-corrected chi connectivity index (χ0v) is 10.8. The number of nitrogens with zero attached hydrogens (tertiary/aromatic N) is 1. The molecule has 1 fully saturated rings. The van der Waals surface area contributed by atoms with Crippen molar-refractivity contribution >= 4 is 16.0 Å². The number of nitrogens with one attached hydrogen (secondary N) is 1. The molecule has 0 radical (unpaired) electrons. The third-order valence-corrected chi connectivity index (χ3v) is 4.58. The largest absolute Gasteiger partial charge is 0.481 e. The van der Waals surface area contributed by atoms with Gasteiger partial charge in [-0.05, 0) is 31.0 Å². The highest BCUT2D eigenvalue weighted by Gasteiger charge is 2.50. The smallest absolute Gasteiger partial charge is 0.310 e. The summed E-state index contributed by atoms with van der Waals surface area (Å²) >= 11 is 0. The Bertz CT molecular complexity index is 657. The van der Waals surface area contributed by atoms with Crippen LogP contribution in [0.4, 0.5) is 0 Å². The minimum absolute atomic E-state index is 0.0345. The number of sulfonamides is 1. The summed E-state index contributed by atoms with van der Waals surface area (Å²) in [5.74, 6) is -0.985. The molecule has 1 aliphatic carbocycles. The van der Waals surface area contributed by atoms with Gasteiger partial charge in [0.1, 0.15) is 0 Å². The Hall–Kier alpha value is -1.91. The van der Waals surface area contributed by atoms with E-state index in [4.69, 9.17) is 10.4 Å². The Morgan fingerprint density at radius 2 is 2.16 bits per heavy atom. The van der Waals surface area contributed by atoms with Crippen molar-refractivity contribution in [1.82, 2.24) is 4.72 Å². The van der Waals surface area contributed by atoms with Crippen molar-refractivity contribution in [3.63, 3.8) is 0 Å². The first kappa shape index (κ1) is 13.5. The van der Waals surface area contributed by atoms with Crippen LogP contribution in [0.5, 0.6) is 0 Å². The van der Waals surface area contributed by atoms with Gasteiger partial charge in [0, 0.05) is 6.54 Å². The molecule has 0 bridgehead atoms. The lowest BCUT2D eigenvalue weighted by Gasteiger charge is -2.11. The molecule has 0 unspecified atom stereocenters. The highest BCUT2D eigenvalue weighted by Crippen LogP contribution is 2.45. The minimum atomic E-state index is -3.78. The Balaban J connectivity index is 2.15. The van der Waals surface area contributed by atoms with Gasteiger partial charge < -0.3 is 5.11 Å². The van der Waals surface area contributed by atoms with Crippen LogP contribution in [0.3, 0.4) is 0 Å². The summed E-state index contributed by atoms with van der Waals surface area (Å²) in [4.78, 5) is 10.9. The fourth-order valence-corrected chi connectivity index (χ4v) is 2.84. The number of benzene rings is 1. The van der Waals surface area contributed by atoms with Crippen molar-refractivity contribution in [2.45, 2.75) is 17.7 Å². The SMILES string of the molecule is N#Cc1cccc(S(=O)(=O)NCC2(C(=O)O)CC2)c1. The predicted octanol–water partition coefficient (Wildman–Crippen LogP) is 0.701. The maximum atomic E-state index is 12.0. The average molecular weight is 280 g/mol. The number of carboxylic acid groups (broad SMARTS) is 1.